The summed E-state index contributed by atoms with van der Waals surface area (Å²) >= 11 is 5.92. The average Bonchev–Trinajstić information content (AvgIpc) is 3.16. The first-order valence-electron chi connectivity index (χ1n) is 10.5. The number of hydrogen-bond acceptors (Lipinski definition) is 3. The van der Waals surface area contributed by atoms with Crippen LogP contribution < -0.4 is 4.74 Å². The second-order valence-electron chi connectivity index (χ2n) is 7.86. The fraction of sp³-hybridized carbons (Fsp3) is 0.333. The van der Waals surface area contributed by atoms with Crippen molar-refractivity contribution in [3.05, 3.63) is 71.0 Å². The molecule has 2 aromatic carbocycles. The fourth-order valence-electron chi connectivity index (χ4n) is 3.55. The third kappa shape index (κ3) is 6.74. The number of carbonyl (C=O) groups is 1. The quantitative estimate of drug-likeness (QED) is 0.334. The van der Waals surface area contributed by atoms with Crippen molar-refractivity contribution in [2.75, 3.05) is 6.61 Å². The van der Waals surface area contributed by atoms with Gasteiger partial charge in [-0.2, -0.15) is 13.2 Å². The number of ether oxygens (including phenoxy) is 1. The molecule has 9 heteroatoms. The molecule has 1 aromatic heterocycles. The molecule has 0 spiro atoms. The number of aromatic nitrogens is 2. The van der Waals surface area contributed by atoms with Gasteiger partial charge < -0.3 is 14.4 Å². The number of imidazole rings is 1. The van der Waals surface area contributed by atoms with E-state index in [0.29, 0.717) is 41.3 Å². The topological polar surface area (TPSA) is 64.4 Å². The Hall–Kier alpha value is -3.00. The lowest BCUT2D eigenvalue weighted by atomic mass is 10.0. The highest BCUT2D eigenvalue weighted by Crippen LogP contribution is 2.34. The van der Waals surface area contributed by atoms with E-state index in [2.05, 4.69) is 4.98 Å². The van der Waals surface area contributed by atoms with Crippen LogP contribution in [0.15, 0.2) is 54.7 Å². The Morgan fingerprint density at radius 2 is 1.88 bits per heavy atom. The largest absolute Gasteiger partial charge is 0.493 e. The molecule has 0 amide bonds. The maximum Gasteiger partial charge on any atom is 0.433 e. The average molecular weight is 481 g/mol. The molecule has 0 aliphatic carbocycles. The minimum atomic E-state index is -4.58. The molecule has 5 nitrogen and oxygen atoms in total. The Kier molecular flexibility index (Phi) is 8.02. The predicted octanol–water partition coefficient (Wildman–Crippen LogP) is 6.54. The summed E-state index contributed by atoms with van der Waals surface area (Å²) in [7, 11) is 0. The summed E-state index contributed by atoms with van der Waals surface area (Å²) in [6.07, 6.45) is -2.34. The van der Waals surface area contributed by atoms with E-state index in [1.165, 1.54) is 0 Å². The Morgan fingerprint density at radius 3 is 2.55 bits per heavy atom. The second-order valence-corrected chi connectivity index (χ2v) is 8.30. The summed E-state index contributed by atoms with van der Waals surface area (Å²) in [5.74, 6) is -0.168. The number of alkyl halides is 3. The van der Waals surface area contributed by atoms with Crippen LogP contribution >= 0.6 is 11.6 Å². The maximum absolute atomic E-state index is 13.7. The van der Waals surface area contributed by atoms with E-state index >= 15 is 0 Å². The Balaban J connectivity index is 1.81. The van der Waals surface area contributed by atoms with E-state index in [0.717, 1.165) is 10.8 Å². The highest BCUT2D eigenvalue weighted by Gasteiger charge is 2.36. The van der Waals surface area contributed by atoms with Gasteiger partial charge in [-0.25, -0.2) is 4.98 Å². The van der Waals surface area contributed by atoms with Crippen molar-refractivity contribution in [1.82, 2.24) is 9.55 Å². The molecule has 1 N–H and O–H groups in total. The van der Waals surface area contributed by atoms with E-state index in [1.54, 1.807) is 48.5 Å². The van der Waals surface area contributed by atoms with Gasteiger partial charge in [0.25, 0.3) is 0 Å². The molecule has 0 radical (unpaired) electrons. The third-order valence-electron chi connectivity index (χ3n) is 5.17. The van der Waals surface area contributed by atoms with Crippen LogP contribution in [0.4, 0.5) is 13.2 Å². The number of carboxylic acids is 1. The first kappa shape index (κ1) is 24.6. The standard InChI is InChI=1S/C24H24ClF3N2O3/c1-16(13-22(31)32)5-4-12-33-20-7-3-2-6-18(20)15-30-21(24(26,27)28)14-29-23(30)17-8-10-19(25)11-9-17/h2-3,6-11,14,16H,4-5,12-13,15H2,1H3,(H,31,32)/t16-/m1/s1. The highest BCUT2D eigenvalue weighted by atomic mass is 35.5. The summed E-state index contributed by atoms with van der Waals surface area (Å²) in [6.45, 7) is 2.11. The molecular formula is C24H24ClF3N2O3. The molecule has 33 heavy (non-hydrogen) atoms. The van der Waals surface area contributed by atoms with Crippen molar-refractivity contribution in [3.63, 3.8) is 0 Å². The minimum absolute atomic E-state index is 0.0172. The highest BCUT2D eigenvalue weighted by molar-refractivity contribution is 6.30. The minimum Gasteiger partial charge on any atom is -0.493 e. The zero-order valence-corrected chi connectivity index (χ0v) is 18.7. The van der Waals surface area contributed by atoms with E-state index in [1.807, 2.05) is 6.92 Å². The summed E-state index contributed by atoms with van der Waals surface area (Å²) in [4.78, 5) is 14.8. The van der Waals surface area contributed by atoms with Gasteiger partial charge in [0.05, 0.1) is 19.3 Å². The third-order valence-corrected chi connectivity index (χ3v) is 5.42. The second kappa shape index (κ2) is 10.7. The van der Waals surface area contributed by atoms with Crippen molar-refractivity contribution < 1.29 is 27.8 Å². The molecule has 176 valence electrons. The van der Waals surface area contributed by atoms with E-state index in [-0.39, 0.29) is 24.7 Å². The molecular weight excluding hydrogens is 457 g/mol. The lowest BCUT2D eigenvalue weighted by Gasteiger charge is -2.17. The molecule has 0 bridgehead atoms. The Morgan fingerprint density at radius 1 is 1.18 bits per heavy atom. The van der Waals surface area contributed by atoms with Gasteiger partial charge in [-0.1, -0.05) is 36.7 Å². The summed E-state index contributed by atoms with van der Waals surface area (Å²) in [5.41, 5.74) is 0.236. The SMILES string of the molecule is C[C@H](CCCOc1ccccc1Cn1c(C(F)(F)F)cnc1-c1ccc(Cl)cc1)CC(=O)O. The molecule has 3 aromatic rings. The maximum atomic E-state index is 13.7. The number of nitrogens with zero attached hydrogens (tertiary/aromatic N) is 2. The molecule has 3 rings (SSSR count). The number of carboxylic acid groups (broad SMARTS) is 1. The van der Waals surface area contributed by atoms with Crippen molar-refractivity contribution in [2.24, 2.45) is 5.92 Å². The van der Waals surface area contributed by atoms with Crippen LogP contribution in [0.1, 0.15) is 37.4 Å². The van der Waals surface area contributed by atoms with Crippen molar-refractivity contribution in [2.45, 2.75) is 38.9 Å². The van der Waals surface area contributed by atoms with Gasteiger partial charge in [0, 0.05) is 22.6 Å². The van der Waals surface area contributed by atoms with Crippen LogP contribution in [-0.4, -0.2) is 27.2 Å². The van der Waals surface area contributed by atoms with Gasteiger partial charge in [0.15, 0.2) is 0 Å². The van der Waals surface area contributed by atoms with E-state index < -0.39 is 17.8 Å². The van der Waals surface area contributed by atoms with Gasteiger partial charge in [-0.15, -0.1) is 0 Å². The molecule has 0 aliphatic heterocycles. The number of halogens is 4. The van der Waals surface area contributed by atoms with Gasteiger partial charge in [0.1, 0.15) is 17.3 Å². The van der Waals surface area contributed by atoms with Crippen molar-refractivity contribution >= 4 is 17.6 Å². The molecule has 0 fully saturated rings. The fourth-order valence-corrected chi connectivity index (χ4v) is 3.68. The first-order valence-corrected chi connectivity index (χ1v) is 10.8. The van der Waals surface area contributed by atoms with Crippen LogP contribution in [0.5, 0.6) is 5.75 Å². The van der Waals surface area contributed by atoms with Gasteiger partial charge >= 0.3 is 12.1 Å². The van der Waals surface area contributed by atoms with E-state index in [4.69, 9.17) is 21.4 Å². The van der Waals surface area contributed by atoms with Gasteiger partial charge in [-0.05, 0) is 49.1 Å². The number of rotatable bonds is 10. The molecule has 0 unspecified atom stereocenters. The van der Waals surface area contributed by atoms with Crippen LogP contribution in [-0.2, 0) is 17.5 Å². The van der Waals surface area contributed by atoms with Crippen molar-refractivity contribution in [3.8, 4) is 17.1 Å². The number of hydrogen-bond donors (Lipinski definition) is 1. The Labute approximate surface area is 194 Å². The molecule has 0 saturated carbocycles. The Bertz CT molecular complexity index is 1080. The molecule has 0 saturated heterocycles. The van der Waals surface area contributed by atoms with Crippen LogP contribution in [0.25, 0.3) is 11.4 Å². The van der Waals surface area contributed by atoms with Crippen molar-refractivity contribution in [1.29, 1.82) is 0 Å². The first-order chi connectivity index (χ1) is 15.6. The summed E-state index contributed by atoms with van der Waals surface area (Å²) in [5, 5.41) is 9.33. The lowest BCUT2D eigenvalue weighted by molar-refractivity contribution is -0.143. The number of benzene rings is 2. The molecule has 1 atom stereocenters. The summed E-state index contributed by atoms with van der Waals surface area (Å²) in [6, 6.07) is 13.4. The van der Waals surface area contributed by atoms with Gasteiger partial charge in [0.2, 0.25) is 0 Å². The molecule has 1 heterocycles. The zero-order valence-electron chi connectivity index (χ0n) is 18.0. The summed E-state index contributed by atoms with van der Waals surface area (Å²) < 4.78 is 48.1. The smallest absolute Gasteiger partial charge is 0.433 e. The van der Waals surface area contributed by atoms with Crippen LogP contribution in [0.3, 0.4) is 0 Å². The van der Waals surface area contributed by atoms with Crippen LogP contribution in [0.2, 0.25) is 5.02 Å². The lowest BCUT2D eigenvalue weighted by Crippen LogP contribution is -2.15. The number of para-hydroxylation sites is 1. The van der Waals surface area contributed by atoms with E-state index in [9.17, 15) is 18.0 Å². The monoisotopic (exact) mass is 480 g/mol. The normalized spacial score (nSPS) is 12.5. The number of aliphatic carboxylic acids is 1. The zero-order chi connectivity index (χ0) is 24.0. The van der Waals surface area contributed by atoms with Gasteiger partial charge in [-0.3, -0.25) is 4.79 Å². The predicted molar refractivity (Wildman–Crippen MR) is 119 cm³/mol. The van der Waals surface area contributed by atoms with Crippen LogP contribution in [0, 0.1) is 5.92 Å². The molecule has 0 aliphatic rings.